The van der Waals surface area contributed by atoms with Crippen molar-refractivity contribution in [2.75, 3.05) is 11.9 Å². The Kier molecular flexibility index (Phi) is 1.73. The van der Waals surface area contributed by atoms with Gasteiger partial charge in [0.2, 0.25) is 0 Å². The lowest BCUT2D eigenvalue weighted by molar-refractivity contribution is 0.1000. The molecule has 1 amide bonds. The van der Waals surface area contributed by atoms with Crippen molar-refractivity contribution >= 4 is 17.7 Å². The van der Waals surface area contributed by atoms with Crippen LogP contribution in [0.2, 0.25) is 0 Å². The molecule has 2 heterocycles. The van der Waals surface area contributed by atoms with E-state index in [4.69, 9.17) is 5.73 Å². The van der Waals surface area contributed by atoms with Crippen molar-refractivity contribution < 1.29 is 4.79 Å². The lowest BCUT2D eigenvalue weighted by Gasteiger charge is -2.13. The van der Waals surface area contributed by atoms with Crippen LogP contribution in [0.4, 0.5) is 5.69 Å². The van der Waals surface area contributed by atoms with E-state index in [0.29, 0.717) is 5.56 Å². The number of pyridine rings is 1. The number of rotatable bonds is 1. The third-order valence-electron chi connectivity index (χ3n) is 1.95. The highest BCUT2D eigenvalue weighted by atomic mass is 16.1. The number of nitrogens with one attached hydrogen (secondary N) is 1. The summed E-state index contributed by atoms with van der Waals surface area (Å²) in [5.41, 5.74) is 7.34. The molecule has 0 saturated carbocycles. The van der Waals surface area contributed by atoms with Gasteiger partial charge in [0.05, 0.1) is 17.4 Å². The van der Waals surface area contributed by atoms with Gasteiger partial charge in [-0.05, 0) is 0 Å². The van der Waals surface area contributed by atoms with E-state index in [9.17, 15) is 4.79 Å². The van der Waals surface area contributed by atoms with Crippen molar-refractivity contribution in [3.05, 3.63) is 29.6 Å². The summed E-state index contributed by atoms with van der Waals surface area (Å²) in [7, 11) is 0. The largest absolute Gasteiger partial charge is 0.380 e. The molecule has 1 aliphatic rings. The Morgan fingerprint density at radius 2 is 2.38 bits per heavy atom. The zero-order valence-corrected chi connectivity index (χ0v) is 6.95. The quantitative estimate of drug-likeness (QED) is 0.657. The number of hydrogen-bond donors (Lipinski definition) is 2. The molecule has 0 bridgehead atoms. The number of aromatic nitrogens is 1. The minimum Gasteiger partial charge on any atom is -0.380 e. The number of anilines is 1. The van der Waals surface area contributed by atoms with E-state index in [1.54, 1.807) is 6.20 Å². The van der Waals surface area contributed by atoms with Crippen LogP contribution in [-0.2, 0) is 0 Å². The van der Waals surface area contributed by atoms with Gasteiger partial charge in [0.25, 0.3) is 5.91 Å². The Hall–Kier alpha value is -1.84. The van der Waals surface area contributed by atoms with Crippen molar-refractivity contribution in [2.24, 2.45) is 5.73 Å². The molecule has 4 heteroatoms. The molecule has 2 rings (SSSR count). The summed E-state index contributed by atoms with van der Waals surface area (Å²) in [6.07, 6.45) is 6.99. The van der Waals surface area contributed by atoms with Crippen molar-refractivity contribution in [3.63, 3.8) is 0 Å². The summed E-state index contributed by atoms with van der Waals surface area (Å²) in [5.74, 6) is -0.447. The molecule has 1 aliphatic heterocycles. The van der Waals surface area contributed by atoms with E-state index in [1.165, 1.54) is 6.20 Å². The molecular weight excluding hydrogens is 166 g/mol. The van der Waals surface area contributed by atoms with Gasteiger partial charge >= 0.3 is 0 Å². The first-order valence-electron chi connectivity index (χ1n) is 3.97. The Bertz CT molecular complexity index is 384. The molecule has 1 aromatic rings. The summed E-state index contributed by atoms with van der Waals surface area (Å²) >= 11 is 0. The molecule has 0 fully saturated rings. The van der Waals surface area contributed by atoms with Gasteiger partial charge in [0.1, 0.15) is 0 Å². The van der Waals surface area contributed by atoms with E-state index in [2.05, 4.69) is 10.3 Å². The van der Waals surface area contributed by atoms with Gasteiger partial charge in [-0.3, -0.25) is 9.78 Å². The maximum absolute atomic E-state index is 11.0. The van der Waals surface area contributed by atoms with Gasteiger partial charge in [-0.1, -0.05) is 12.2 Å². The third-order valence-corrected chi connectivity index (χ3v) is 1.95. The second-order valence-electron chi connectivity index (χ2n) is 2.80. The molecule has 0 aromatic carbocycles. The molecule has 0 radical (unpaired) electrons. The summed E-state index contributed by atoms with van der Waals surface area (Å²) < 4.78 is 0. The van der Waals surface area contributed by atoms with Gasteiger partial charge in [0.15, 0.2) is 0 Å². The van der Waals surface area contributed by atoms with Crippen molar-refractivity contribution in [1.29, 1.82) is 0 Å². The van der Waals surface area contributed by atoms with Gasteiger partial charge in [0, 0.05) is 18.3 Å². The number of fused-ring (bicyclic) bond motifs is 1. The van der Waals surface area contributed by atoms with Gasteiger partial charge < -0.3 is 11.1 Å². The molecule has 0 unspecified atom stereocenters. The normalized spacial score (nSPS) is 13.2. The molecule has 4 nitrogen and oxygen atoms in total. The number of nitrogens with zero attached hydrogens (tertiary/aromatic N) is 1. The number of carbonyl (C=O) groups excluding carboxylic acids is 1. The predicted molar refractivity (Wildman–Crippen MR) is 50.3 cm³/mol. The standard InChI is InChI=1S/C9H9N3O/c10-9(13)7-4-11-5-8-6(7)2-1-3-12-8/h1-2,4-5,12H,3H2,(H2,10,13). The van der Waals surface area contributed by atoms with Crippen LogP contribution in [0.5, 0.6) is 0 Å². The van der Waals surface area contributed by atoms with Gasteiger partial charge in [-0.25, -0.2) is 0 Å². The van der Waals surface area contributed by atoms with Crippen molar-refractivity contribution in [1.82, 2.24) is 4.98 Å². The van der Waals surface area contributed by atoms with Crippen LogP contribution in [-0.4, -0.2) is 17.4 Å². The smallest absolute Gasteiger partial charge is 0.250 e. The highest BCUT2D eigenvalue weighted by molar-refractivity contribution is 5.98. The fraction of sp³-hybridized carbons (Fsp3) is 0.111. The Balaban J connectivity index is 2.60. The Morgan fingerprint density at radius 1 is 1.54 bits per heavy atom. The number of nitrogens with two attached hydrogens (primary N) is 1. The lowest BCUT2D eigenvalue weighted by atomic mass is 10.1. The highest BCUT2D eigenvalue weighted by Crippen LogP contribution is 2.22. The summed E-state index contributed by atoms with van der Waals surface area (Å²) in [5, 5.41) is 3.10. The summed E-state index contributed by atoms with van der Waals surface area (Å²) in [4.78, 5) is 14.9. The zero-order valence-electron chi connectivity index (χ0n) is 6.95. The second kappa shape index (κ2) is 2.90. The summed E-state index contributed by atoms with van der Waals surface area (Å²) in [6.45, 7) is 0.761. The first kappa shape index (κ1) is 7.79. The number of carbonyl (C=O) groups is 1. The molecular formula is C9H9N3O. The van der Waals surface area contributed by atoms with Crippen LogP contribution < -0.4 is 11.1 Å². The van der Waals surface area contributed by atoms with E-state index in [0.717, 1.165) is 17.8 Å². The van der Waals surface area contributed by atoms with Crippen LogP contribution in [0, 0.1) is 0 Å². The minimum absolute atomic E-state index is 0.447. The maximum Gasteiger partial charge on any atom is 0.250 e. The van der Waals surface area contributed by atoms with E-state index in [-0.39, 0.29) is 0 Å². The van der Waals surface area contributed by atoms with E-state index >= 15 is 0 Å². The Labute approximate surface area is 75.5 Å². The number of amides is 1. The molecule has 0 spiro atoms. The number of hydrogen-bond acceptors (Lipinski definition) is 3. The zero-order chi connectivity index (χ0) is 9.26. The molecule has 0 aliphatic carbocycles. The Morgan fingerprint density at radius 3 is 3.15 bits per heavy atom. The van der Waals surface area contributed by atoms with Crippen LogP contribution in [0.3, 0.4) is 0 Å². The fourth-order valence-electron chi connectivity index (χ4n) is 1.33. The first-order valence-corrected chi connectivity index (χ1v) is 3.97. The molecule has 0 atom stereocenters. The van der Waals surface area contributed by atoms with E-state index in [1.807, 2.05) is 12.2 Å². The second-order valence-corrected chi connectivity index (χ2v) is 2.80. The average Bonchev–Trinajstić information content (AvgIpc) is 2.17. The number of primary amides is 1. The van der Waals surface area contributed by atoms with Crippen LogP contribution >= 0.6 is 0 Å². The van der Waals surface area contributed by atoms with E-state index < -0.39 is 5.91 Å². The molecule has 66 valence electrons. The average molecular weight is 175 g/mol. The van der Waals surface area contributed by atoms with Gasteiger partial charge in [-0.2, -0.15) is 0 Å². The van der Waals surface area contributed by atoms with Gasteiger partial charge in [-0.15, -0.1) is 0 Å². The predicted octanol–water partition coefficient (Wildman–Crippen LogP) is 0.619. The van der Waals surface area contributed by atoms with Crippen LogP contribution in [0.1, 0.15) is 15.9 Å². The van der Waals surface area contributed by atoms with Crippen LogP contribution in [0.15, 0.2) is 18.5 Å². The molecule has 0 saturated heterocycles. The molecule has 1 aromatic heterocycles. The topological polar surface area (TPSA) is 68.0 Å². The summed E-state index contributed by atoms with van der Waals surface area (Å²) in [6, 6.07) is 0. The first-order chi connectivity index (χ1) is 6.29. The van der Waals surface area contributed by atoms with Crippen LogP contribution in [0.25, 0.3) is 6.08 Å². The lowest BCUT2D eigenvalue weighted by Crippen LogP contribution is -2.16. The maximum atomic E-state index is 11.0. The van der Waals surface area contributed by atoms with Crippen molar-refractivity contribution in [2.45, 2.75) is 0 Å². The molecule has 3 N–H and O–H groups in total. The highest BCUT2D eigenvalue weighted by Gasteiger charge is 2.12. The van der Waals surface area contributed by atoms with Crippen molar-refractivity contribution in [3.8, 4) is 0 Å². The monoisotopic (exact) mass is 175 g/mol. The molecule has 13 heavy (non-hydrogen) atoms. The minimum atomic E-state index is -0.447. The SMILES string of the molecule is NC(=O)c1cncc2c1C=CCN2. The fourth-order valence-corrected chi connectivity index (χ4v) is 1.33. The third kappa shape index (κ3) is 1.26.